The van der Waals surface area contributed by atoms with Gasteiger partial charge in [-0.1, -0.05) is 12.8 Å². The first-order valence-corrected chi connectivity index (χ1v) is 6.00. The van der Waals surface area contributed by atoms with Crippen LogP contribution in [0.2, 0.25) is 0 Å². The number of hydrogen-bond donors (Lipinski definition) is 0. The molecule has 1 saturated carbocycles. The zero-order chi connectivity index (χ0) is 9.52. The van der Waals surface area contributed by atoms with Crippen LogP contribution in [-0.4, -0.2) is 18.6 Å². The second kappa shape index (κ2) is 6.67. The monoisotopic (exact) mass is 204 g/mol. The van der Waals surface area contributed by atoms with Gasteiger partial charge in [0.1, 0.15) is 0 Å². The van der Waals surface area contributed by atoms with E-state index in [9.17, 15) is 0 Å². The van der Waals surface area contributed by atoms with Crippen LogP contribution >= 0.6 is 11.6 Å². The van der Waals surface area contributed by atoms with Crippen molar-refractivity contribution in [2.45, 2.75) is 50.8 Å². The Morgan fingerprint density at radius 3 is 2.69 bits per heavy atom. The predicted octanol–water partition coefficient (Wildman–Crippen LogP) is 3.60. The van der Waals surface area contributed by atoms with Crippen LogP contribution < -0.4 is 0 Å². The first kappa shape index (κ1) is 11.3. The molecule has 1 aliphatic rings. The zero-order valence-corrected chi connectivity index (χ0v) is 9.35. The molecular formula is C11H21ClO. The molecule has 1 unspecified atom stereocenters. The van der Waals surface area contributed by atoms with Crippen molar-refractivity contribution in [3.63, 3.8) is 0 Å². The fourth-order valence-corrected chi connectivity index (χ4v) is 1.96. The summed E-state index contributed by atoms with van der Waals surface area (Å²) in [6, 6.07) is 0. The van der Waals surface area contributed by atoms with E-state index in [1.807, 2.05) is 6.92 Å². The van der Waals surface area contributed by atoms with Gasteiger partial charge in [-0.3, -0.25) is 0 Å². The van der Waals surface area contributed by atoms with E-state index in [1.165, 1.54) is 38.5 Å². The van der Waals surface area contributed by atoms with Crippen molar-refractivity contribution in [1.82, 2.24) is 0 Å². The van der Waals surface area contributed by atoms with Crippen LogP contribution in [0.5, 0.6) is 0 Å². The average Bonchev–Trinajstić information content (AvgIpc) is 2.93. The number of halogens is 1. The Bertz CT molecular complexity index is 123. The van der Waals surface area contributed by atoms with Gasteiger partial charge in [-0.05, 0) is 38.5 Å². The van der Waals surface area contributed by atoms with E-state index in [-0.39, 0.29) is 0 Å². The predicted molar refractivity (Wildman–Crippen MR) is 57.3 cm³/mol. The Morgan fingerprint density at radius 1 is 1.31 bits per heavy atom. The van der Waals surface area contributed by atoms with Gasteiger partial charge in [-0.2, -0.15) is 0 Å². The maximum absolute atomic E-state index is 6.19. The lowest BCUT2D eigenvalue weighted by molar-refractivity contribution is 0.143. The smallest absolute Gasteiger partial charge is 0.0465 e. The molecule has 0 bridgehead atoms. The van der Waals surface area contributed by atoms with Gasteiger partial charge in [0, 0.05) is 18.6 Å². The normalized spacial score (nSPS) is 18.9. The van der Waals surface area contributed by atoms with Crippen molar-refractivity contribution in [3.05, 3.63) is 0 Å². The summed E-state index contributed by atoms with van der Waals surface area (Å²) < 4.78 is 5.27. The van der Waals surface area contributed by atoms with Crippen LogP contribution in [0.1, 0.15) is 45.4 Å². The lowest BCUT2D eigenvalue weighted by Gasteiger charge is -2.06. The van der Waals surface area contributed by atoms with Crippen LogP contribution in [0, 0.1) is 5.92 Å². The lowest BCUT2D eigenvalue weighted by Crippen LogP contribution is -2.01. The van der Waals surface area contributed by atoms with Crippen molar-refractivity contribution in [2.24, 2.45) is 5.92 Å². The summed E-state index contributed by atoms with van der Waals surface area (Å²) in [5, 5.41) is 0.465. The van der Waals surface area contributed by atoms with E-state index < -0.39 is 0 Å². The third kappa shape index (κ3) is 5.53. The molecule has 78 valence electrons. The fraction of sp³-hybridized carbons (Fsp3) is 1.00. The minimum Gasteiger partial charge on any atom is -0.382 e. The van der Waals surface area contributed by atoms with E-state index in [0.29, 0.717) is 5.38 Å². The van der Waals surface area contributed by atoms with Gasteiger partial charge in [0.15, 0.2) is 0 Å². The number of rotatable bonds is 8. The maximum Gasteiger partial charge on any atom is 0.0465 e. The van der Waals surface area contributed by atoms with Gasteiger partial charge in [0.25, 0.3) is 0 Å². The van der Waals surface area contributed by atoms with Gasteiger partial charge >= 0.3 is 0 Å². The van der Waals surface area contributed by atoms with Gasteiger partial charge in [-0.25, -0.2) is 0 Å². The Labute approximate surface area is 86.8 Å². The molecule has 1 fully saturated rings. The van der Waals surface area contributed by atoms with E-state index in [0.717, 1.165) is 19.1 Å². The summed E-state index contributed by atoms with van der Waals surface area (Å²) >= 11 is 6.19. The van der Waals surface area contributed by atoms with Crippen molar-refractivity contribution < 1.29 is 4.74 Å². The molecule has 0 aromatic heterocycles. The highest BCUT2D eigenvalue weighted by atomic mass is 35.5. The molecule has 0 heterocycles. The zero-order valence-electron chi connectivity index (χ0n) is 8.60. The summed E-state index contributed by atoms with van der Waals surface area (Å²) in [7, 11) is 0. The summed E-state index contributed by atoms with van der Waals surface area (Å²) in [6.45, 7) is 3.81. The molecule has 0 aromatic rings. The minimum absolute atomic E-state index is 0.465. The van der Waals surface area contributed by atoms with E-state index >= 15 is 0 Å². The van der Waals surface area contributed by atoms with Crippen LogP contribution in [0.4, 0.5) is 0 Å². The molecule has 1 nitrogen and oxygen atoms in total. The van der Waals surface area contributed by atoms with Gasteiger partial charge in [0.05, 0.1) is 0 Å². The average molecular weight is 205 g/mol. The van der Waals surface area contributed by atoms with E-state index in [4.69, 9.17) is 16.3 Å². The Balaban J connectivity index is 1.77. The van der Waals surface area contributed by atoms with Crippen molar-refractivity contribution in [1.29, 1.82) is 0 Å². The van der Waals surface area contributed by atoms with Crippen LogP contribution in [0.25, 0.3) is 0 Å². The molecule has 0 amide bonds. The number of hydrogen-bond acceptors (Lipinski definition) is 1. The van der Waals surface area contributed by atoms with Crippen LogP contribution in [-0.2, 0) is 4.74 Å². The molecule has 0 aromatic carbocycles. The molecule has 1 atom stereocenters. The molecular weight excluding hydrogens is 184 g/mol. The molecule has 0 aliphatic heterocycles. The largest absolute Gasteiger partial charge is 0.382 e. The Kier molecular flexibility index (Phi) is 5.81. The van der Waals surface area contributed by atoms with E-state index in [1.54, 1.807) is 0 Å². The summed E-state index contributed by atoms with van der Waals surface area (Å²) in [4.78, 5) is 0. The first-order chi connectivity index (χ1) is 6.34. The second-order valence-corrected chi connectivity index (χ2v) is 4.46. The molecule has 0 saturated heterocycles. The molecule has 13 heavy (non-hydrogen) atoms. The highest BCUT2D eigenvalue weighted by Crippen LogP contribution is 2.37. The Morgan fingerprint density at radius 2 is 2.08 bits per heavy atom. The molecule has 2 heteroatoms. The quantitative estimate of drug-likeness (QED) is 0.434. The van der Waals surface area contributed by atoms with Crippen LogP contribution in [0.15, 0.2) is 0 Å². The number of ether oxygens (including phenoxy) is 1. The van der Waals surface area contributed by atoms with Gasteiger partial charge < -0.3 is 4.74 Å². The third-order valence-corrected chi connectivity index (χ3v) is 3.18. The highest BCUT2D eigenvalue weighted by molar-refractivity contribution is 6.20. The SMILES string of the molecule is CCOCCCCCC(Cl)C1CC1. The van der Waals surface area contributed by atoms with Crippen molar-refractivity contribution in [2.75, 3.05) is 13.2 Å². The van der Waals surface area contributed by atoms with Crippen LogP contribution in [0.3, 0.4) is 0 Å². The summed E-state index contributed by atoms with van der Waals surface area (Å²) in [5.41, 5.74) is 0. The maximum atomic E-state index is 6.19. The third-order valence-electron chi connectivity index (χ3n) is 2.61. The standard InChI is InChI=1S/C11H21ClO/c1-2-13-9-5-3-4-6-11(12)10-7-8-10/h10-11H,2-9H2,1H3. The second-order valence-electron chi connectivity index (χ2n) is 3.90. The molecule has 0 N–H and O–H groups in total. The van der Waals surface area contributed by atoms with Crippen molar-refractivity contribution in [3.8, 4) is 0 Å². The number of unbranched alkanes of at least 4 members (excludes halogenated alkanes) is 2. The van der Waals surface area contributed by atoms with E-state index in [2.05, 4.69) is 0 Å². The van der Waals surface area contributed by atoms with Gasteiger partial charge in [0.2, 0.25) is 0 Å². The Hall–Kier alpha value is 0.250. The first-order valence-electron chi connectivity index (χ1n) is 5.56. The minimum atomic E-state index is 0.465. The highest BCUT2D eigenvalue weighted by Gasteiger charge is 2.28. The molecule has 1 aliphatic carbocycles. The molecule has 0 radical (unpaired) electrons. The number of alkyl halides is 1. The van der Waals surface area contributed by atoms with Crippen molar-refractivity contribution >= 4 is 11.6 Å². The lowest BCUT2D eigenvalue weighted by atomic mass is 10.1. The molecule has 1 rings (SSSR count). The topological polar surface area (TPSA) is 9.23 Å². The van der Waals surface area contributed by atoms with Gasteiger partial charge in [-0.15, -0.1) is 11.6 Å². The summed E-state index contributed by atoms with van der Waals surface area (Å²) in [6.07, 6.45) is 7.69. The fourth-order valence-electron chi connectivity index (χ4n) is 1.56. The molecule has 0 spiro atoms. The summed E-state index contributed by atoms with van der Waals surface area (Å²) in [5.74, 6) is 0.855.